The van der Waals surface area contributed by atoms with Crippen LogP contribution < -0.4 is 10.3 Å². The maximum absolute atomic E-state index is 12.6. The molecule has 0 aliphatic rings. The number of hydrogen-bond acceptors (Lipinski definition) is 8. The number of esters is 1. The molecule has 148 valence electrons. The van der Waals surface area contributed by atoms with E-state index < -0.39 is 23.1 Å². The first-order chi connectivity index (χ1) is 13.9. The van der Waals surface area contributed by atoms with Crippen LogP contribution in [0.1, 0.15) is 15.9 Å². The number of aromatic hydroxyl groups is 1. The van der Waals surface area contributed by atoms with E-state index in [0.717, 1.165) is 6.08 Å². The molecule has 9 nitrogen and oxygen atoms in total. The molecule has 0 spiro atoms. The van der Waals surface area contributed by atoms with Gasteiger partial charge in [-0.2, -0.15) is 0 Å². The summed E-state index contributed by atoms with van der Waals surface area (Å²) in [6.45, 7) is -0.278. The summed E-state index contributed by atoms with van der Waals surface area (Å²) < 4.78 is 10.9. The second-order valence-corrected chi connectivity index (χ2v) is 5.98. The van der Waals surface area contributed by atoms with E-state index >= 15 is 0 Å². The molecule has 0 aliphatic heterocycles. The van der Waals surface area contributed by atoms with Crippen molar-refractivity contribution in [2.75, 3.05) is 13.7 Å². The van der Waals surface area contributed by atoms with Crippen molar-refractivity contribution in [2.45, 2.75) is 0 Å². The molecule has 0 bridgehead atoms. The van der Waals surface area contributed by atoms with E-state index in [1.165, 1.54) is 43.4 Å². The minimum Gasteiger partial charge on any atom is -0.506 e. The molecule has 3 aromatic heterocycles. The van der Waals surface area contributed by atoms with Crippen LogP contribution in [0.4, 0.5) is 0 Å². The molecule has 3 rings (SSSR count). The number of allylic oxidation sites excluding steroid dienone is 1. The van der Waals surface area contributed by atoms with Crippen LogP contribution in [0.5, 0.6) is 11.5 Å². The zero-order valence-corrected chi connectivity index (χ0v) is 15.7. The normalized spacial score (nSPS) is 11.0. The van der Waals surface area contributed by atoms with E-state index in [1.807, 2.05) is 0 Å². The molecule has 0 saturated heterocycles. The van der Waals surface area contributed by atoms with Crippen LogP contribution in [0.3, 0.4) is 0 Å². The lowest BCUT2D eigenvalue weighted by molar-refractivity contribution is -0.142. The van der Waals surface area contributed by atoms with Crippen molar-refractivity contribution in [2.24, 2.45) is 7.05 Å². The van der Waals surface area contributed by atoms with Crippen molar-refractivity contribution in [1.82, 2.24) is 14.5 Å². The number of rotatable bonds is 6. The van der Waals surface area contributed by atoms with Crippen molar-refractivity contribution >= 4 is 28.9 Å². The fraction of sp³-hybridized carbons (Fsp3) is 0.150. The first kappa shape index (κ1) is 19.7. The van der Waals surface area contributed by atoms with Crippen molar-refractivity contribution in [1.29, 1.82) is 0 Å². The van der Waals surface area contributed by atoms with E-state index in [9.17, 15) is 19.5 Å². The third-order valence-corrected chi connectivity index (χ3v) is 4.11. The van der Waals surface area contributed by atoms with Crippen molar-refractivity contribution in [3.8, 4) is 11.5 Å². The van der Waals surface area contributed by atoms with Gasteiger partial charge in [-0.15, -0.1) is 0 Å². The van der Waals surface area contributed by atoms with Crippen LogP contribution in [-0.2, 0) is 16.6 Å². The number of carbonyl (C=O) groups excluding carboxylic acids is 2. The number of pyridine rings is 3. The third kappa shape index (κ3) is 4.13. The summed E-state index contributed by atoms with van der Waals surface area (Å²) in [5, 5.41) is 10.7. The smallest absolute Gasteiger partial charge is 0.343 e. The summed E-state index contributed by atoms with van der Waals surface area (Å²) in [5.41, 5.74) is -0.235. The molecule has 0 saturated carbocycles. The molecule has 3 heterocycles. The standard InChI is InChI=1S/C20H17N3O6/c1-23-19-14(4-3-7-22-19)18(26)17(20(23)27)15(24)6-5-12-8-13(10-21-9-12)29-11-16(25)28-2/h3-10,26H,11H2,1-2H3. The highest BCUT2D eigenvalue weighted by molar-refractivity contribution is 6.10. The highest BCUT2D eigenvalue weighted by atomic mass is 16.6. The Morgan fingerprint density at radius 2 is 2.10 bits per heavy atom. The minimum atomic E-state index is -0.672. The van der Waals surface area contributed by atoms with Crippen LogP contribution >= 0.6 is 0 Å². The molecule has 0 aliphatic carbocycles. The van der Waals surface area contributed by atoms with Crippen LogP contribution in [0.2, 0.25) is 0 Å². The largest absolute Gasteiger partial charge is 0.506 e. The number of aryl methyl sites for hydroxylation is 1. The van der Waals surface area contributed by atoms with Gasteiger partial charge in [-0.05, 0) is 35.9 Å². The molecule has 0 aromatic carbocycles. The average Bonchev–Trinajstić information content (AvgIpc) is 2.75. The van der Waals surface area contributed by atoms with E-state index in [0.29, 0.717) is 16.7 Å². The number of carbonyl (C=O) groups is 2. The lowest BCUT2D eigenvalue weighted by Crippen LogP contribution is -2.24. The van der Waals surface area contributed by atoms with Gasteiger partial charge in [0, 0.05) is 19.4 Å². The van der Waals surface area contributed by atoms with E-state index in [1.54, 1.807) is 18.2 Å². The van der Waals surface area contributed by atoms with Crippen molar-refractivity contribution in [3.05, 3.63) is 64.3 Å². The number of ketones is 1. The quantitative estimate of drug-likeness (QED) is 0.379. The average molecular weight is 395 g/mol. The lowest BCUT2D eigenvalue weighted by Gasteiger charge is -2.09. The predicted molar refractivity (Wildman–Crippen MR) is 104 cm³/mol. The van der Waals surface area contributed by atoms with E-state index in [4.69, 9.17) is 4.74 Å². The van der Waals surface area contributed by atoms with Crippen LogP contribution in [0.15, 0.2) is 47.7 Å². The molecule has 0 amide bonds. The molecular weight excluding hydrogens is 378 g/mol. The second-order valence-electron chi connectivity index (χ2n) is 5.98. The minimum absolute atomic E-state index is 0.273. The van der Waals surface area contributed by atoms with Gasteiger partial charge in [0.25, 0.3) is 5.56 Å². The Hall–Kier alpha value is -4.01. The molecule has 0 atom stereocenters. The Kier molecular flexibility index (Phi) is 5.68. The Morgan fingerprint density at radius 3 is 2.86 bits per heavy atom. The molecule has 9 heteroatoms. The van der Waals surface area contributed by atoms with Gasteiger partial charge in [-0.25, -0.2) is 9.78 Å². The SMILES string of the molecule is COC(=O)COc1cncc(C=CC(=O)c2c(O)c3cccnc3n(C)c2=O)c1. The van der Waals surface area contributed by atoms with E-state index in [2.05, 4.69) is 14.7 Å². The monoisotopic (exact) mass is 395 g/mol. The fourth-order valence-electron chi connectivity index (χ4n) is 2.63. The Morgan fingerprint density at radius 1 is 1.31 bits per heavy atom. The van der Waals surface area contributed by atoms with Gasteiger partial charge in [-0.3, -0.25) is 19.1 Å². The molecule has 0 radical (unpaired) electrons. The maximum atomic E-state index is 12.6. The zero-order chi connectivity index (χ0) is 21.0. The molecule has 29 heavy (non-hydrogen) atoms. The van der Waals surface area contributed by atoms with Gasteiger partial charge in [0.2, 0.25) is 0 Å². The van der Waals surface area contributed by atoms with Crippen molar-refractivity contribution in [3.63, 3.8) is 0 Å². The Bertz CT molecular complexity index is 1180. The fourth-order valence-corrected chi connectivity index (χ4v) is 2.63. The summed E-state index contributed by atoms with van der Waals surface area (Å²) in [7, 11) is 2.72. The van der Waals surface area contributed by atoms with Gasteiger partial charge < -0.3 is 14.6 Å². The van der Waals surface area contributed by atoms with Gasteiger partial charge in [0.1, 0.15) is 22.7 Å². The van der Waals surface area contributed by atoms with Crippen LogP contribution in [0, 0.1) is 0 Å². The Balaban J connectivity index is 1.88. The summed E-state index contributed by atoms with van der Waals surface area (Å²) in [4.78, 5) is 44.3. The number of fused-ring (bicyclic) bond motifs is 1. The van der Waals surface area contributed by atoms with Gasteiger partial charge in [0.15, 0.2) is 12.4 Å². The lowest BCUT2D eigenvalue weighted by atomic mass is 10.1. The van der Waals surface area contributed by atoms with Gasteiger partial charge in [-0.1, -0.05) is 0 Å². The van der Waals surface area contributed by atoms with Crippen molar-refractivity contribution < 1.29 is 24.2 Å². The summed E-state index contributed by atoms with van der Waals surface area (Å²) in [6, 6.07) is 4.73. The van der Waals surface area contributed by atoms with Crippen LogP contribution in [0.25, 0.3) is 17.1 Å². The maximum Gasteiger partial charge on any atom is 0.343 e. The third-order valence-electron chi connectivity index (χ3n) is 4.11. The number of methoxy groups -OCH3 is 1. The first-order valence-corrected chi connectivity index (χ1v) is 8.46. The number of nitrogens with zero attached hydrogens (tertiary/aromatic N) is 3. The number of ether oxygens (including phenoxy) is 2. The van der Waals surface area contributed by atoms with Crippen LogP contribution in [-0.4, -0.2) is 45.1 Å². The number of hydrogen-bond donors (Lipinski definition) is 1. The molecule has 0 unspecified atom stereocenters. The summed E-state index contributed by atoms with van der Waals surface area (Å²) in [6.07, 6.45) is 6.94. The molecule has 0 fully saturated rings. The van der Waals surface area contributed by atoms with Gasteiger partial charge in [0.05, 0.1) is 18.7 Å². The number of aromatic nitrogens is 3. The summed E-state index contributed by atoms with van der Waals surface area (Å²) in [5.74, 6) is -1.33. The molecular formula is C20H17N3O6. The molecule has 3 aromatic rings. The Labute approximate surface area is 164 Å². The first-order valence-electron chi connectivity index (χ1n) is 8.46. The van der Waals surface area contributed by atoms with E-state index in [-0.39, 0.29) is 17.8 Å². The van der Waals surface area contributed by atoms with Gasteiger partial charge >= 0.3 is 5.97 Å². The zero-order valence-electron chi connectivity index (χ0n) is 15.7. The molecule has 1 N–H and O–H groups in total. The second kappa shape index (κ2) is 8.34. The summed E-state index contributed by atoms with van der Waals surface area (Å²) >= 11 is 0. The predicted octanol–water partition coefficient (Wildman–Crippen LogP) is 1.48. The highest BCUT2D eigenvalue weighted by Crippen LogP contribution is 2.25. The highest BCUT2D eigenvalue weighted by Gasteiger charge is 2.19. The topological polar surface area (TPSA) is 121 Å².